The average molecular weight is 463 g/mol. The molecule has 0 spiro atoms. The largest absolute Gasteiger partial charge is 0.486 e. The second kappa shape index (κ2) is 9.95. The van der Waals surface area contributed by atoms with Gasteiger partial charge in [-0.05, 0) is 56.9 Å². The molecule has 9 heteroatoms. The molecule has 1 atom stereocenters. The summed E-state index contributed by atoms with van der Waals surface area (Å²) in [6, 6.07) is 8.60. The van der Waals surface area contributed by atoms with Crippen molar-refractivity contribution >= 4 is 15.9 Å². The Morgan fingerprint density at radius 1 is 1.12 bits per heavy atom. The summed E-state index contributed by atoms with van der Waals surface area (Å²) in [4.78, 5) is 14.9. The van der Waals surface area contributed by atoms with E-state index in [1.165, 1.54) is 12.1 Å². The summed E-state index contributed by atoms with van der Waals surface area (Å²) in [6.07, 6.45) is 6.32. The van der Waals surface area contributed by atoms with Gasteiger partial charge in [-0.15, -0.1) is 0 Å². The van der Waals surface area contributed by atoms with Crippen molar-refractivity contribution in [1.29, 1.82) is 0 Å². The topological polar surface area (TPSA) is 98.1 Å². The van der Waals surface area contributed by atoms with Crippen LogP contribution in [-0.4, -0.2) is 45.0 Å². The van der Waals surface area contributed by atoms with Crippen molar-refractivity contribution in [2.75, 3.05) is 19.8 Å². The van der Waals surface area contributed by atoms with Crippen LogP contribution in [0.2, 0.25) is 0 Å². The number of nitrogens with zero attached hydrogens (tertiary/aromatic N) is 1. The summed E-state index contributed by atoms with van der Waals surface area (Å²) >= 11 is 0. The van der Waals surface area contributed by atoms with Crippen molar-refractivity contribution in [3.63, 3.8) is 0 Å². The number of carbonyl (C=O) groups excluding carboxylic acids is 1. The lowest BCUT2D eigenvalue weighted by Crippen LogP contribution is -2.35. The number of nitrogens with one attached hydrogen (secondary N) is 1. The minimum atomic E-state index is -3.62. The van der Waals surface area contributed by atoms with Crippen LogP contribution >= 0.6 is 0 Å². The van der Waals surface area contributed by atoms with E-state index in [0.29, 0.717) is 50.1 Å². The molecule has 1 aromatic heterocycles. The summed E-state index contributed by atoms with van der Waals surface area (Å²) in [5.41, 5.74) is 0. The van der Waals surface area contributed by atoms with Crippen LogP contribution in [0.15, 0.2) is 45.9 Å². The molecule has 1 aliphatic heterocycles. The number of amides is 1. The molecule has 174 valence electrons. The number of carbonyl (C=O) groups is 1. The lowest BCUT2D eigenvalue weighted by atomic mass is 10.1. The minimum absolute atomic E-state index is 0.0668. The van der Waals surface area contributed by atoms with Crippen LogP contribution in [-0.2, 0) is 14.8 Å². The Morgan fingerprint density at radius 3 is 2.62 bits per heavy atom. The summed E-state index contributed by atoms with van der Waals surface area (Å²) in [7, 11) is -3.62. The van der Waals surface area contributed by atoms with Gasteiger partial charge in [0.2, 0.25) is 15.9 Å². The number of sulfonamides is 1. The SMILES string of the molecule is CC(c1ccco1)N(C(=O)CCCCCNS(=O)(=O)c1ccc2c(c1)OCCO2)C1CC1. The Balaban J connectivity index is 1.20. The third-order valence-electron chi connectivity index (χ3n) is 5.78. The number of hydrogen-bond donors (Lipinski definition) is 1. The first kappa shape index (κ1) is 22.7. The monoisotopic (exact) mass is 462 g/mol. The maximum Gasteiger partial charge on any atom is 0.240 e. The Morgan fingerprint density at radius 2 is 1.91 bits per heavy atom. The number of furan rings is 1. The molecule has 1 aliphatic carbocycles. The molecule has 1 amide bonds. The highest BCUT2D eigenvalue weighted by Crippen LogP contribution is 2.35. The zero-order valence-electron chi connectivity index (χ0n) is 18.3. The summed E-state index contributed by atoms with van der Waals surface area (Å²) in [5.74, 6) is 1.94. The van der Waals surface area contributed by atoms with E-state index in [0.717, 1.165) is 31.4 Å². The highest BCUT2D eigenvalue weighted by molar-refractivity contribution is 7.89. The summed E-state index contributed by atoms with van der Waals surface area (Å²) in [5, 5.41) is 0. The number of rotatable bonds is 11. The maximum absolute atomic E-state index is 12.8. The quantitative estimate of drug-likeness (QED) is 0.512. The molecule has 0 saturated heterocycles. The van der Waals surface area contributed by atoms with Crippen molar-refractivity contribution in [3.05, 3.63) is 42.4 Å². The lowest BCUT2D eigenvalue weighted by Gasteiger charge is -2.28. The number of unbranched alkanes of at least 4 members (excludes halogenated alkanes) is 2. The van der Waals surface area contributed by atoms with Gasteiger partial charge in [0.25, 0.3) is 0 Å². The van der Waals surface area contributed by atoms with Crippen LogP contribution < -0.4 is 14.2 Å². The van der Waals surface area contributed by atoms with Gasteiger partial charge in [0, 0.05) is 25.1 Å². The van der Waals surface area contributed by atoms with Gasteiger partial charge >= 0.3 is 0 Å². The predicted octanol–water partition coefficient (Wildman–Crippen LogP) is 3.64. The van der Waals surface area contributed by atoms with Gasteiger partial charge in [0.1, 0.15) is 19.0 Å². The number of hydrogen-bond acceptors (Lipinski definition) is 6. The molecular weight excluding hydrogens is 432 g/mol. The highest BCUT2D eigenvalue weighted by atomic mass is 32.2. The first-order chi connectivity index (χ1) is 15.5. The Bertz CT molecular complexity index is 1020. The van der Waals surface area contributed by atoms with Gasteiger partial charge < -0.3 is 18.8 Å². The Hall–Kier alpha value is -2.52. The van der Waals surface area contributed by atoms with Crippen molar-refractivity contribution in [2.24, 2.45) is 0 Å². The van der Waals surface area contributed by atoms with E-state index in [4.69, 9.17) is 13.9 Å². The molecule has 1 saturated carbocycles. The molecule has 2 heterocycles. The van der Waals surface area contributed by atoms with Crippen molar-refractivity contribution in [2.45, 2.75) is 62.4 Å². The van der Waals surface area contributed by atoms with Crippen LogP contribution in [0.3, 0.4) is 0 Å². The van der Waals surface area contributed by atoms with Crippen molar-refractivity contribution in [3.8, 4) is 11.5 Å². The zero-order chi connectivity index (χ0) is 22.6. The first-order valence-corrected chi connectivity index (χ1v) is 12.7. The normalized spacial score (nSPS) is 16.5. The molecule has 1 unspecified atom stereocenters. The smallest absolute Gasteiger partial charge is 0.240 e. The molecule has 2 aromatic rings. The molecule has 1 N–H and O–H groups in total. The van der Waals surface area contributed by atoms with Crippen LogP contribution in [0, 0.1) is 0 Å². The second-order valence-electron chi connectivity index (χ2n) is 8.24. The van der Waals surface area contributed by atoms with E-state index < -0.39 is 10.0 Å². The van der Waals surface area contributed by atoms with E-state index in [9.17, 15) is 13.2 Å². The highest BCUT2D eigenvalue weighted by Gasteiger charge is 2.36. The van der Waals surface area contributed by atoms with E-state index in [2.05, 4.69) is 4.72 Å². The standard InChI is InChI=1S/C23H30N2O6S/c1-17(20-6-5-13-29-20)25(18-8-9-18)23(26)7-3-2-4-12-24-32(27,28)19-10-11-21-22(16-19)31-15-14-30-21/h5-6,10-11,13,16-18,24H,2-4,7-9,12,14-15H2,1H3. The van der Waals surface area contributed by atoms with Crippen LogP contribution in [0.1, 0.15) is 57.3 Å². The Kier molecular flexibility index (Phi) is 7.05. The van der Waals surface area contributed by atoms with E-state index >= 15 is 0 Å². The fraction of sp³-hybridized carbons (Fsp3) is 0.522. The van der Waals surface area contributed by atoms with Gasteiger partial charge in [-0.2, -0.15) is 0 Å². The molecule has 1 fully saturated rings. The summed E-state index contributed by atoms with van der Waals surface area (Å²) < 4.78 is 44.1. The first-order valence-electron chi connectivity index (χ1n) is 11.2. The molecular formula is C23H30N2O6S. The third-order valence-corrected chi connectivity index (χ3v) is 7.24. The fourth-order valence-corrected chi connectivity index (χ4v) is 5.03. The predicted molar refractivity (Wildman–Crippen MR) is 118 cm³/mol. The lowest BCUT2D eigenvalue weighted by molar-refractivity contribution is -0.134. The van der Waals surface area contributed by atoms with E-state index in [-0.39, 0.29) is 16.8 Å². The number of benzene rings is 1. The molecule has 2 aliphatic rings. The van der Waals surface area contributed by atoms with Gasteiger partial charge in [0.05, 0.1) is 17.2 Å². The zero-order valence-corrected chi connectivity index (χ0v) is 19.1. The molecule has 8 nitrogen and oxygen atoms in total. The molecule has 0 radical (unpaired) electrons. The van der Waals surface area contributed by atoms with Crippen molar-refractivity contribution in [1.82, 2.24) is 9.62 Å². The molecule has 0 bridgehead atoms. The van der Waals surface area contributed by atoms with Gasteiger partial charge in [0.15, 0.2) is 11.5 Å². The molecule has 4 rings (SSSR count). The second-order valence-corrected chi connectivity index (χ2v) is 10.0. The summed E-state index contributed by atoms with van der Waals surface area (Å²) in [6.45, 7) is 3.18. The third kappa shape index (κ3) is 5.45. The van der Waals surface area contributed by atoms with Gasteiger partial charge in [-0.25, -0.2) is 13.1 Å². The fourth-order valence-electron chi connectivity index (χ4n) is 3.94. The molecule has 32 heavy (non-hydrogen) atoms. The van der Waals surface area contributed by atoms with Crippen LogP contribution in [0.5, 0.6) is 11.5 Å². The van der Waals surface area contributed by atoms with Crippen LogP contribution in [0.25, 0.3) is 0 Å². The van der Waals surface area contributed by atoms with Crippen molar-refractivity contribution < 1.29 is 27.1 Å². The number of fused-ring (bicyclic) bond motifs is 1. The minimum Gasteiger partial charge on any atom is -0.486 e. The maximum atomic E-state index is 12.8. The number of ether oxygens (including phenoxy) is 2. The van der Waals surface area contributed by atoms with Gasteiger partial charge in [-0.1, -0.05) is 6.42 Å². The van der Waals surface area contributed by atoms with E-state index in [1.54, 1.807) is 12.3 Å². The molecule has 1 aromatic carbocycles. The van der Waals surface area contributed by atoms with E-state index in [1.807, 2.05) is 24.0 Å². The van der Waals surface area contributed by atoms with Gasteiger partial charge in [-0.3, -0.25) is 4.79 Å². The average Bonchev–Trinajstić information content (AvgIpc) is 3.46. The van der Waals surface area contributed by atoms with Crippen LogP contribution in [0.4, 0.5) is 0 Å². The Labute approximate surface area is 188 Å².